The highest BCUT2D eigenvalue weighted by Gasteiger charge is 2.38. The maximum absolute atomic E-state index is 11.7. The monoisotopic (exact) mass is 342 g/mol. The minimum absolute atomic E-state index is 0.368. The normalized spacial score (nSPS) is 12.8. The van der Waals surface area contributed by atoms with E-state index < -0.39 is 5.60 Å². The average molecular weight is 342 g/mol. The van der Waals surface area contributed by atoms with Crippen LogP contribution in [0.2, 0.25) is 0 Å². The van der Waals surface area contributed by atoms with Crippen molar-refractivity contribution in [2.75, 3.05) is 44.6 Å². The number of benzene rings is 2. The molecule has 4 nitrogen and oxygen atoms in total. The number of hydrogen-bond donors (Lipinski definition) is 1. The van der Waals surface area contributed by atoms with Gasteiger partial charge in [-0.1, -0.05) is 24.3 Å². The standard InChI is InChI=1S/C21H30N2O2/c1-7-25-16(2)21(24,17-8-12-19(13-9-17)22(3)4)18-10-14-20(15-11-18)23(5)6/h8-16,24H,7H2,1-6H3. The topological polar surface area (TPSA) is 35.9 Å². The first-order valence-corrected chi connectivity index (χ1v) is 8.70. The van der Waals surface area contributed by atoms with Crippen molar-refractivity contribution < 1.29 is 9.84 Å². The van der Waals surface area contributed by atoms with E-state index in [-0.39, 0.29) is 6.10 Å². The van der Waals surface area contributed by atoms with Crippen LogP contribution in [0.5, 0.6) is 0 Å². The zero-order valence-electron chi connectivity index (χ0n) is 16.2. The van der Waals surface area contributed by atoms with Gasteiger partial charge in [0.05, 0.1) is 6.10 Å². The Labute approximate surface area is 151 Å². The Balaban J connectivity index is 2.49. The van der Waals surface area contributed by atoms with Crippen LogP contribution in [0.25, 0.3) is 0 Å². The number of ether oxygens (including phenoxy) is 1. The highest BCUT2D eigenvalue weighted by atomic mass is 16.5. The minimum atomic E-state index is -1.20. The molecule has 0 aliphatic carbocycles. The maximum Gasteiger partial charge on any atom is 0.140 e. The molecule has 2 aromatic carbocycles. The van der Waals surface area contributed by atoms with Crippen molar-refractivity contribution in [1.82, 2.24) is 0 Å². The van der Waals surface area contributed by atoms with Gasteiger partial charge in [0.15, 0.2) is 0 Å². The third-order valence-corrected chi connectivity index (χ3v) is 4.65. The minimum Gasteiger partial charge on any atom is -0.378 e. The van der Waals surface area contributed by atoms with Crippen LogP contribution in [0.15, 0.2) is 48.5 Å². The van der Waals surface area contributed by atoms with Crippen LogP contribution in [-0.4, -0.2) is 46.0 Å². The Morgan fingerprint density at radius 2 is 1.20 bits per heavy atom. The summed E-state index contributed by atoms with van der Waals surface area (Å²) in [7, 11) is 8.02. The van der Waals surface area contributed by atoms with Crippen molar-refractivity contribution >= 4 is 11.4 Å². The number of anilines is 2. The first-order chi connectivity index (χ1) is 11.8. The van der Waals surface area contributed by atoms with Gasteiger partial charge in [0.2, 0.25) is 0 Å². The summed E-state index contributed by atoms with van der Waals surface area (Å²) in [4.78, 5) is 4.08. The van der Waals surface area contributed by atoms with E-state index in [9.17, 15) is 5.11 Å². The van der Waals surface area contributed by atoms with Crippen LogP contribution in [0.3, 0.4) is 0 Å². The first kappa shape index (κ1) is 19.3. The molecule has 1 atom stereocenters. The Kier molecular flexibility index (Phi) is 6.09. The van der Waals surface area contributed by atoms with Crippen molar-refractivity contribution in [1.29, 1.82) is 0 Å². The van der Waals surface area contributed by atoms with Crippen molar-refractivity contribution in [2.24, 2.45) is 0 Å². The third-order valence-electron chi connectivity index (χ3n) is 4.65. The van der Waals surface area contributed by atoms with Crippen molar-refractivity contribution in [3.8, 4) is 0 Å². The molecule has 0 radical (unpaired) electrons. The summed E-state index contributed by atoms with van der Waals surface area (Å²) in [5, 5.41) is 11.7. The Morgan fingerprint density at radius 3 is 1.48 bits per heavy atom. The van der Waals surface area contributed by atoms with Crippen LogP contribution in [0.4, 0.5) is 11.4 Å². The molecule has 0 amide bonds. The molecule has 136 valence electrons. The number of rotatable bonds is 7. The molecule has 0 aliphatic heterocycles. The lowest BCUT2D eigenvalue weighted by molar-refractivity contribution is -0.0769. The molecule has 0 fully saturated rings. The second kappa shape index (κ2) is 7.89. The number of aliphatic hydroxyl groups is 1. The molecule has 2 aromatic rings. The van der Waals surface area contributed by atoms with Gasteiger partial charge in [0.1, 0.15) is 5.60 Å². The molecule has 25 heavy (non-hydrogen) atoms. The van der Waals surface area contributed by atoms with Crippen LogP contribution in [0.1, 0.15) is 25.0 Å². The fraction of sp³-hybridized carbons (Fsp3) is 0.429. The van der Waals surface area contributed by atoms with E-state index in [0.717, 1.165) is 22.5 Å². The van der Waals surface area contributed by atoms with Gasteiger partial charge in [0.25, 0.3) is 0 Å². The second-order valence-electron chi connectivity index (χ2n) is 6.75. The van der Waals surface area contributed by atoms with Gasteiger partial charge >= 0.3 is 0 Å². The largest absolute Gasteiger partial charge is 0.378 e. The van der Waals surface area contributed by atoms with Gasteiger partial charge in [-0.25, -0.2) is 0 Å². The lowest BCUT2D eigenvalue weighted by atomic mass is 9.82. The van der Waals surface area contributed by atoms with Crippen LogP contribution >= 0.6 is 0 Å². The summed E-state index contributed by atoms with van der Waals surface area (Å²) in [6.07, 6.45) is -0.368. The van der Waals surface area contributed by atoms with Crippen LogP contribution in [-0.2, 0) is 10.3 Å². The van der Waals surface area contributed by atoms with Gasteiger partial charge in [-0.15, -0.1) is 0 Å². The summed E-state index contributed by atoms with van der Waals surface area (Å²) in [5.74, 6) is 0. The highest BCUT2D eigenvalue weighted by Crippen LogP contribution is 2.36. The smallest absolute Gasteiger partial charge is 0.140 e. The highest BCUT2D eigenvalue weighted by molar-refractivity contribution is 5.52. The number of nitrogens with zero attached hydrogens (tertiary/aromatic N) is 2. The first-order valence-electron chi connectivity index (χ1n) is 8.70. The zero-order valence-corrected chi connectivity index (χ0v) is 16.2. The summed E-state index contributed by atoms with van der Waals surface area (Å²) in [5.41, 5.74) is 2.65. The second-order valence-corrected chi connectivity index (χ2v) is 6.75. The van der Waals surface area contributed by atoms with Crippen molar-refractivity contribution in [3.05, 3.63) is 59.7 Å². The van der Waals surface area contributed by atoms with E-state index in [2.05, 4.69) is 0 Å². The molecule has 0 spiro atoms. The number of hydrogen-bond acceptors (Lipinski definition) is 4. The molecule has 0 bridgehead atoms. The SMILES string of the molecule is CCOC(C)C(O)(c1ccc(N(C)C)cc1)c1ccc(N(C)C)cc1. The van der Waals surface area contributed by atoms with Crippen molar-refractivity contribution in [3.63, 3.8) is 0 Å². The zero-order chi connectivity index (χ0) is 18.6. The molecule has 1 N–H and O–H groups in total. The van der Waals surface area contributed by atoms with Gasteiger partial charge < -0.3 is 19.6 Å². The maximum atomic E-state index is 11.7. The van der Waals surface area contributed by atoms with Gasteiger partial charge in [0, 0.05) is 46.2 Å². The molecule has 0 saturated heterocycles. The fourth-order valence-electron chi connectivity index (χ4n) is 3.03. The van der Waals surface area contributed by atoms with E-state index in [0.29, 0.717) is 6.61 Å². The van der Waals surface area contributed by atoms with E-state index >= 15 is 0 Å². The molecule has 1 unspecified atom stereocenters. The predicted octanol–water partition coefficient (Wildman–Crippen LogP) is 3.48. The van der Waals surface area contributed by atoms with E-state index in [1.54, 1.807) is 0 Å². The molecule has 0 aliphatic rings. The molecule has 4 heteroatoms. The van der Waals surface area contributed by atoms with Crippen molar-refractivity contribution in [2.45, 2.75) is 25.6 Å². The molecule has 0 heterocycles. The summed E-state index contributed by atoms with van der Waals surface area (Å²) in [6, 6.07) is 16.0. The molecule has 0 aromatic heterocycles. The Morgan fingerprint density at radius 1 is 0.840 bits per heavy atom. The fourth-order valence-corrected chi connectivity index (χ4v) is 3.03. The van der Waals surface area contributed by atoms with E-state index in [1.807, 2.05) is 100 Å². The van der Waals surface area contributed by atoms with E-state index in [4.69, 9.17) is 4.74 Å². The van der Waals surface area contributed by atoms with Crippen LogP contribution in [0, 0.1) is 0 Å². The van der Waals surface area contributed by atoms with Gasteiger partial charge in [-0.3, -0.25) is 0 Å². The predicted molar refractivity (Wildman–Crippen MR) is 106 cm³/mol. The molecule has 2 rings (SSSR count). The molecule has 0 saturated carbocycles. The average Bonchev–Trinajstić information content (AvgIpc) is 2.61. The summed E-state index contributed by atoms with van der Waals surface area (Å²) in [6.45, 7) is 4.42. The summed E-state index contributed by atoms with van der Waals surface area (Å²) < 4.78 is 5.80. The quantitative estimate of drug-likeness (QED) is 0.836. The third kappa shape index (κ3) is 3.97. The van der Waals surface area contributed by atoms with Gasteiger partial charge in [-0.05, 0) is 49.2 Å². The Hall–Kier alpha value is -2.04. The van der Waals surface area contributed by atoms with Gasteiger partial charge in [-0.2, -0.15) is 0 Å². The lowest BCUT2D eigenvalue weighted by Crippen LogP contribution is -2.40. The molecular formula is C21H30N2O2. The Bertz CT molecular complexity index is 612. The van der Waals surface area contributed by atoms with E-state index in [1.165, 1.54) is 0 Å². The molecular weight excluding hydrogens is 312 g/mol. The summed E-state index contributed by atoms with van der Waals surface area (Å²) >= 11 is 0. The lowest BCUT2D eigenvalue weighted by Gasteiger charge is -2.35. The van der Waals surface area contributed by atoms with Crippen LogP contribution < -0.4 is 9.80 Å².